The SMILES string of the molecule is COC(=O)NC(C(=O)NC1CCC(C)C1)C(C)C. The molecule has 0 saturated heterocycles. The molecule has 1 saturated carbocycles. The van der Waals surface area contributed by atoms with E-state index in [1.807, 2.05) is 13.8 Å². The highest BCUT2D eigenvalue weighted by molar-refractivity contribution is 5.86. The van der Waals surface area contributed by atoms with Crippen LogP contribution in [0.15, 0.2) is 0 Å². The minimum atomic E-state index is -0.566. The molecule has 1 fully saturated rings. The highest BCUT2D eigenvalue weighted by Crippen LogP contribution is 2.24. The number of alkyl carbamates (subject to hydrolysis) is 1. The quantitative estimate of drug-likeness (QED) is 0.804. The van der Waals surface area contributed by atoms with E-state index in [9.17, 15) is 9.59 Å². The van der Waals surface area contributed by atoms with Crippen molar-refractivity contribution in [1.29, 1.82) is 0 Å². The van der Waals surface area contributed by atoms with E-state index in [4.69, 9.17) is 0 Å². The van der Waals surface area contributed by atoms with Gasteiger partial charge in [-0.2, -0.15) is 0 Å². The van der Waals surface area contributed by atoms with Gasteiger partial charge in [0.1, 0.15) is 6.04 Å². The van der Waals surface area contributed by atoms with Crippen molar-refractivity contribution < 1.29 is 14.3 Å². The Morgan fingerprint density at radius 1 is 1.28 bits per heavy atom. The summed E-state index contributed by atoms with van der Waals surface area (Å²) in [7, 11) is 1.29. The van der Waals surface area contributed by atoms with E-state index in [2.05, 4.69) is 22.3 Å². The Hall–Kier alpha value is -1.26. The highest BCUT2D eigenvalue weighted by Gasteiger charge is 2.29. The molecule has 0 aromatic heterocycles. The van der Waals surface area contributed by atoms with E-state index in [1.54, 1.807) is 0 Å². The molecule has 0 bridgehead atoms. The number of methoxy groups -OCH3 is 1. The first-order chi connectivity index (χ1) is 8.43. The van der Waals surface area contributed by atoms with Crippen molar-refractivity contribution in [2.24, 2.45) is 11.8 Å². The summed E-state index contributed by atoms with van der Waals surface area (Å²) in [5.74, 6) is 0.582. The minimum Gasteiger partial charge on any atom is -0.453 e. The van der Waals surface area contributed by atoms with Gasteiger partial charge in [0.25, 0.3) is 0 Å². The monoisotopic (exact) mass is 256 g/mol. The maximum absolute atomic E-state index is 12.1. The van der Waals surface area contributed by atoms with Crippen LogP contribution in [0, 0.1) is 11.8 Å². The summed E-state index contributed by atoms with van der Waals surface area (Å²) in [6.45, 7) is 5.99. The van der Waals surface area contributed by atoms with E-state index in [0.717, 1.165) is 19.3 Å². The molecule has 1 aliphatic carbocycles. The van der Waals surface area contributed by atoms with Gasteiger partial charge in [-0.1, -0.05) is 20.8 Å². The Bertz CT molecular complexity index is 305. The first-order valence-electron chi connectivity index (χ1n) is 6.59. The largest absolute Gasteiger partial charge is 0.453 e. The van der Waals surface area contributed by atoms with Crippen LogP contribution in [-0.4, -0.2) is 31.2 Å². The molecule has 0 heterocycles. The van der Waals surface area contributed by atoms with Gasteiger partial charge >= 0.3 is 6.09 Å². The van der Waals surface area contributed by atoms with Crippen LogP contribution in [0.1, 0.15) is 40.0 Å². The lowest BCUT2D eigenvalue weighted by molar-refractivity contribution is -0.124. The van der Waals surface area contributed by atoms with Gasteiger partial charge in [0.2, 0.25) is 5.91 Å². The molecule has 1 aliphatic rings. The van der Waals surface area contributed by atoms with Crippen LogP contribution in [0.4, 0.5) is 4.79 Å². The Kier molecular flexibility index (Phi) is 5.44. The normalized spacial score (nSPS) is 24.7. The fourth-order valence-corrected chi connectivity index (χ4v) is 2.35. The van der Waals surface area contributed by atoms with E-state index in [1.165, 1.54) is 7.11 Å². The van der Waals surface area contributed by atoms with Crippen molar-refractivity contribution in [2.45, 2.75) is 52.1 Å². The summed E-state index contributed by atoms with van der Waals surface area (Å²) in [4.78, 5) is 23.3. The standard InChI is InChI=1S/C13H24N2O3/c1-8(2)11(15-13(17)18-4)12(16)14-10-6-5-9(3)7-10/h8-11H,5-7H2,1-4H3,(H,14,16)(H,15,17). The van der Waals surface area contributed by atoms with Crippen molar-refractivity contribution >= 4 is 12.0 Å². The van der Waals surface area contributed by atoms with Gasteiger partial charge in [-0.3, -0.25) is 4.79 Å². The van der Waals surface area contributed by atoms with Gasteiger partial charge in [0.15, 0.2) is 0 Å². The molecule has 18 heavy (non-hydrogen) atoms. The first kappa shape index (κ1) is 14.8. The number of ether oxygens (including phenoxy) is 1. The Balaban J connectivity index is 2.51. The van der Waals surface area contributed by atoms with Crippen molar-refractivity contribution in [3.63, 3.8) is 0 Å². The number of nitrogens with one attached hydrogen (secondary N) is 2. The summed E-state index contributed by atoms with van der Waals surface area (Å²) in [6, 6.07) is -0.290. The second kappa shape index (κ2) is 6.61. The lowest BCUT2D eigenvalue weighted by Gasteiger charge is -2.23. The van der Waals surface area contributed by atoms with Gasteiger partial charge in [0, 0.05) is 6.04 Å². The molecule has 3 unspecified atom stereocenters. The Morgan fingerprint density at radius 3 is 2.39 bits per heavy atom. The van der Waals surface area contributed by atoms with Gasteiger partial charge < -0.3 is 15.4 Å². The van der Waals surface area contributed by atoms with Gasteiger partial charge in [0.05, 0.1) is 7.11 Å². The molecule has 1 rings (SSSR count). The molecule has 2 N–H and O–H groups in total. The van der Waals surface area contributed by atoms with Gasteiger partial charge in [-0.05, 0) is 31.1 Å². The number of carbonyl (C=O) groups is 2. The molecule has 0 aromatic carbocycles. The number of hydrogen-bond acceptors (Lipinski definition) is 3. The zero-order chi connectivity index (χ0) is 13.7. The Morgan fingerprint density at radius 2 is 1.94 bits per heavy atom. The highest BCUT2D eigenvalue weighted by atomic mass is 16.5. The summed E-state index contributed by atoms with van der Waals surface area (Å²) in [5.41, 5.74) is 0. The predicted octanol–water partition coefficient (Wildman–Crippen LogP) is 1.67. The summed E-state index contributed by atoms with van der Waals surface area (Å²) < 4.78 is 4.54. The molecule has 104 valence electrons. The molecule has 3 atom stereocenters. The molecular formula is C13H24N2O3. The fourth-order valence-electron chi connectivity index (χ4n) is 2.35. The summed E-state index contributed by atoms with van der Waals surface area (Å²) in [6.07, 6.45) is 2.63. The van der Waals surface area contributed by atoms with Crippen molar-refractivity contribution in [3.8, 4) is 0 Å². The first-order valence-corrected chi connectivity index (χ1v) is 6.59. The smallest absolute Gasteiger partial charge is 0.407 e. The van der Waals surface area contributed by atoms with Crippen molar-refractivity contribution in [2.75, 3.05) is 7.11 Å². The van der Waals surface area contributed by atoms with E-state index in [0.29, 0.717) is 5.92 Å². The molecule has 0 radical (unpaired) electrons. The third kappa shape index (κ3) is 4.20. The maximum Gasteiger partial charge on any atom is 0.407 e. The number of amides is 2. The number of hydrogen-bond donors (Lipinski definition) is 2. The second-order valence-corrected chi connectivity index (χ2v) is 5.48. The molecule has 0 aliphatic heterocycles. The Labute approximate surface area is 109 Å². The van der Waals surface area contributed by atoms with E-state index >= 15 is 0 Å². The van der Waals surface area contributed by atoms with E-state index in [-0.39, 0.29) is 17.9 Å². The zero-order valence-electron chi connectivity index (χ0n) is 11.7. The predicted molar refractivity (Wildman–Crippen MR) is 69.1 cm³/mol. The summed E-state index contributed by atoms with van der Waals surface area (Å²) >= 11 is 0. The maximum atomic E-state index is 12.1. The van der Waals surface area contributed by atoms with Crippen LogP contribution in [0.5, 0.6) is 0 Å². The molecule has 5 nitrogen and oxygen atoms in total. The average Bonchev–Trinajstić information content (AvgIpc) is 2.70. The third-order valence-electron chi connectivity index (χ3n) is 3.45. The van der Waals surface area contributed by atoms with Crippen LogP contribution < -0.4 is 10.6 Å². The molecule has 2 amide bonds. The third-order valence-corrected chi connectivity index (χ3v) is 3.45. The van der Waals surface area contributed by atoms with Crippen molar-refractivity contribution in [3.05, 3.63) is 0 Å². The lowest BCUT2D eigenvalue weighted by Crippen LogP contribution is -2.51. The minimum absolute atomic E-state index is 0.0305. The molecule has 0 aromatic rings. The van der Waals surface area contributed by atoms with Crippen molar-refractivity contribution in [1.82, 2.24) is 10.6 Å². The summed E-state index contributed by atoms with van der Waals surface area (Å²) in [5, 5.41) is 5.59. The fraction of sp³-hybridized carbons (Fsp3) is 0.846. The van der Waals surface area contributed by atoms with Crippen LogP contribution in [0.2, 0.25) is 0 Å². The van der Waals surface area contributed by atoms with Crippen LogP contribution >= 0.6 is 0 Å². The molecule has 0 spiro atoms. The van der Waals surface area contributed by atoms with Crippen LogP contribution in [0.3, 0.4) is 0 Å². The van der Waals surface area contributed by atoms with Crippen LogP contribution in [0.25, 0.3) is 0 Å². The number of carbonyl (C=O) groups excluding carboxylic acids is 2. The van der Waals surface area contributed by atoms with Gasteiger partial charge in [-0.15, -0.1) is 0 Å². The average molecular weight is 256 g/mol. The zero-order valence-corrected chi connectivity index (χ0v) is 11.7. The van der Waals surface area contributed by atoms with Crippen LogP contribution in [-0.2, 0) is 9.53 Å². The molecule has 5 heteroatoms. The van der Waals surface area contributed by atoms with E-state index < -0.39 is 12.1 Å². The molecular weight excluding hydrogens is 232 g/mol. The topological polar surface area (TPSA) is 67.4 Å². The number of rotatable bonds is 4. The second-order valence-electron chi connectivity index (χ2n) is 5.48. The lowest BCUT2D eigenvalue weighted by atomic mass is 10.0. The van der Waals surface area contributed by atoms with Gasteiger partial charge in [-0.25, -0.2) is 4.79 Å².